The lowest BCUT2D eigenvalue weighted by Crippen LogP contribution is -2.44. The Morgan fingerprint density at radius 2 is 2.21 bits per heavy atom. The van der Waals surface area contributed by atoms with Crippen molar-refractivity contribution >= 4 is 0 Å². The highest BCUT2D eigenvalue weighted by Gasteiger charge is 2.33. The summed E-state index contributed by atoms with van der Waals surface area (Å²) in [6.07, 6.45) is 3.95. The van der Waals surface area contributed by atoms with E-state index in [-0.39, 0.29) is 0 Å². The van der Waals surface area contributed by atoms with Crippen LogP contribution in [0, 0.1) is 0 Å². The van der Waals surface area contributed by atoms with Crippen molar-refractivity contribution in [2.75, 3.05) is 20.3 Å². The number of nitrogens with one attached hydrogen (secondary N) is 1. The number of fused-ring (bicyclic) bond motifs is 1. The van der Waals surface area contributed by atoms with Gasteiger partial charge in [-0.25, -0.2) is 0 Å². The van der Waals surface area contributed by atoms with Crippen LogP contribution in [-0.2, 0) is 16.8 Å². The van der Waals surface area contributed by atoms with Gasteiger partial charge in [0.15, 0.2) is 0 Å². The summed E-state index contributed by atoms with van der Waals surface area (Å²) in [6.45, 7) is 3.51. The van der Waals surface area contributed by atoms with E-state index >= 15 is 0 Å². The van der Waals surface area contributed by atoms with Gasteiger partial charge in [0, 0.05) is 26.3 Å². The van der Waals surface area contributed by atoms with Crippen molar-refractivity contribution in [3.63, 3.8) is 0 Å². The zero-order valence-electron chi connectivity index (χ0n) is 12.0. The predicted molar refractivity (Wildman–Crippen MR) is 77.2 cm³/mol. The van der Waals surface area contributed by atoms with Gasteiger partial charge in [-0.05, 0) is 43.7 Å². The van der Waals surface area contributed by atoms with E-state index in [0.717, 1.165) is 37.9 Å². The van der Waals surface area contributed by atoms with Crippen molar-refractivity contribution in [1.82, 2.24) is 5.32 Å². The Morgan fingerprint density at radius 3 is 3.00 bits per heavy atom. The fourth-order valence-corrected chi connectivity index (χ4v) is 2.82. The summed E-state index contributed by atoms with van der Waals surface area (Å²) in [4.78, 5) is 0. The number of hydrogen-bond donors (Lipinski definition) is 2. The number of aliphatic hydroxyl groups is 1. The Hall–Kier alpha value is -0.900. The molecule has 0 aliphatic heterocycles. The first-order valence-corrected chi connectivity index (χ1v) is 7.19. The second kappa shape index (κ2) is 6.51. The Morgan fingerprint density at radius 1 is 1.42 bits per heavy atom. The van der Waals surface area contributed by atoms with Crippen molar-refractivity contribution < 1.29 is 9.84 Å². The molecule has 2 N–H and O–H groups in total. The summed E-state index contributed by atoms with van der Waals surface area (Å²) in [5.41, 5.74) is 1.69. The molecule has 19 heavy (non-hydrogen) atoms. The molecule has 0 spiro atoms. The minimum atomic E-state index is -0.712. The normalized spacial score (nSPS) is 23.9. The monoisotopic (exact) mass is 263 g/mol. The van der Waals surface area contributed by atoms with Crippen LogP contribution in [0.5, 0.6) is 0 Å². The van der Waals surface area contributed by atoms with E-state index in [2.05, 4.69) is 30.4 Å². The lowest BCUT2D eigenvalue weighted by molar-refractivity contribution is 0.0162. The van der Waals surface area contributed by atoms with Gasteiger partial charge in [0.05, 0.1) is 0 Å². The molecule has 0 aromatic heterocycles. The maximum absolute atomic E-state index is 10.9. The molecule has 3 heteroatoms. The number of rotatable bonds is 6. The minimum absolute atomic E-state index is 0.359. The summed E-state index contributed by atoms with van der Waals surface area (Å²) >= 11 is 0. The molecular formula is C16H25NO2. The number of aryl methyl sites for hydroxylation is 1. The van der Waals surface area contributed by atoms with Gasteiger partial charge in [-0.15, -0.1) is 0 Å². The smallest absolute Gasteiger partial charge is 0.102 e. The molecule has 0 fully saturated rings. The first kappa shape index (κ1) is 14.5. The number of hydrogen-bond acceptors (Lipinski definition) is 3. The maximum atomic E-state index is 10.9. The maximum Gasteiger partial charge on any atom is 0.102 e. The number of methoxy groups -OCH3 is 1. The third kappa shape index (κ3) is 3.56. The average molecular weight is 263 g/mol. The van der Waals surface area contributed by atoms with Crippen LogP contribution in [-0.4, -0.2) is 31.4 Å². The summed E-state index contributed by atoms with van der Waals surface area (Å²) in [7, 11) is 1.72. The first-order chi connectivity index (χ1) is 9.15. The Labute approximate surface area is 116 Å². The highest BCUT2D eigenvalue weighted by molar-refractivity contribution is 5.35. The molecule has 0 bridgehead atoms. The topological polar surface area (TPSA) is 41.5 Å². The van der Waals surface area contributed by atoms with Crippen LogP contribution in [0.3, 0.4) is 0 Å². The van der Waals surface area contributed by atoms with Gasteiger partial charge in [0.25, 0.3) is 0 Å². The molecule has 106 valence electrons. The van der Waals surface area contributed by atoms with E-state index in [1.54, 1.807) is 7.11 Å². The van der Waals surface area contributed by atoms with Crippen molar-refractivity contribution in [3.05, 3.63) is 35.4 Å². The minimum Gasteiger partial charge on any atom is -0.385 e. The second-order valence-electron chi connectivity index (χ2n) is 5.61. The molecule has 0 saturated heterocycles. The van der Waals surface area contributed by atoms with Gasteiger partial charge >= 0.3 is 0 Å². The third-order valence-corrected chi connectivity index (χ3v) is 4.05. The Bertz CT molecular complexity index is 407. The lowest BCUT2D eigenvalue weighted by atomic mass is 9.79. The number of benzene rings is 1. The molecule has 1 aromatic rings. The predicted octanol–water partition coefficient (Wildman–Crippen LogP) is 2.23. The molecule has 2 atom stereocenters. The highest BCUT2D eigenvalue weighted by atomic mass is 16.5. The van der Waals surface area contributed by atoms with Crippen LogP contribution in [0.15, 0.2) is 24.3 Å². The summed E-state index contributed by atoms with van der Waals surface area (Å²) in [5.74, 6) is 0. The fraction of sp³-hybridized carbons (Fsp3) is 0.625. The Balaban J connectivity index is 1.99. The highest BCUT2D eigenvalue weighted by Crippen LogP contribution is 2.34. The summed E-state index contributed by atoms with van der Waals surface area (Å²) in [6, 6.07) is 8.63. The van der Waals surface area contributed by atoms with Crippen LogP contribution in [0.4, 0.5) is 0 Å². The molecule has 0 radical (unpaired) electrons. The van der Waals surface area contributed by atoms with Gasteiger partial charge in [-0.3, -0.25) is 0 Å². The van der Waals surface area contributed by atoms with Gasteiger partial charge in [0.2, 0.25) is 0 Å². The van der Waals surface area contributed by atoms with Gasteiger partial charge < -0.3 is 15.2 Å². The molecular weight excluding hydrogens is 238 g/mol. The molecule has 0 heterocycles. The third-order valence-electron chi connectivity index (χ3n) is 4.05. The van der Waals surface area contributed by atoms with Crippen molar-refractivity contribution in [2.45, 2.75) is 44.2 Å². The Kier molecular flexibility index (Phi) is 4.97. The molecule has 0 amide bonds. The van der Waals surface area contributed by atoms with Crippen LogP contribution in [0.25, 0.3) is 0 Å². The molecule has 3 nitrogen and oxygen atoms in total. The molecule has 0 saturated carbocycles. The van der Waals surface area contributed by atoms with E-state index in [0.29, 0.717) is 12.6 Å². The van der Waals surface area contributed by atoms with E-state index in [1.807, 2.05) is 6.07 Å². The largest absolute Gasteiger partial charge is 0.385 e. The van der Waals surface area contributed by atoms with Gasteiger partial charge in [-0.1, -0.05) is 24.3 Å². The summed E-state index contributed by atoms with van der Waals surface area (Å²) < 4.78 is 5.08. The van der Waals surface area contributed by atoms with Crippen LogP contribution in [0.1, 0.15) is 37.3 Å². The van der Waals surface area contributed by atoms with Crippen molar-refractivity contribution in [2.24, 2.45) is 0 Å². The van der Waals surface area contributed by atoms with Gasteiger partial charge in [-0.2, -0.15) is 0 Å². The van der Waals surface area contributed by atoms with Crippen LogP contribution >= 0.6 is 0 Å². The first-order valence-electron chi connectivity index (χ1n) is 7.19. The fourth-order valence-electron chi connectivity index (χ4n) is 2.82. The van der Waals surface area contributed by atoms with E-state index in [9.17, 15) is 5.11 Å². The standard InChI is InChI=1S/C16H25NO2/c1-13(9-11-19-2)17-12-16(18)10-5-7-14-6-3-4-8-15(14)16/h3-4,6,8,13,17-18H,5,7,9-12H2,1-2H3. The van der Waals surface area contributed by atoms with Crippen molar-refractivity contribution in [3.8, 4) is 0 Å². The number of ether oxygens (including phenoxy) is 1. The lowest BCUT2D eigenvalue weighted by Gasteiger charge is -2.35. The molecule has 2 unspecified atom stereocenters. The zero-order chi connectivity index (χ0) is 13.7. The van der Waals surface area contributed by atoms with Crippen LogP contribution < -0.4 is 5.32 Å². The van der Waals surface area contributed by atoms with E-state index in [1.165, 1.54) is 5.56 Å². The quantitative estimate of drug-likeness (QED) is 0.827. The molecule has 1 aliphatic rings. The summed E-state index contributed by atoms with van der Waals surface area (Å²) in [5, 5.41) is 14.3. The van der Waals surface area contributed by atoms with E-state index in [4.69, 9.17) is 4.74 Å². The van der Waals surface area contributed by atoms with Gasteiger partial charge in [0.1, 0.15) is 5.60 Å². The average Bonchev–Trinajstić information content (AvgIpc) is 2.44. The zero-order valence-corrected chi connectivity index (χ0v) is 12.0. The van der Waals surface area contributed by atoms with Crippen LogP contribution in [0.2, 0.25) is 0 Å². The molecule has 2 rings (SSSR count). The molecule has 1 aromatic carbocycles. The SMILES string of the molecule is COCCC(C)NCC1(O)CCCc2ccccc21. The molecule has 1 aliphatic carbocycles. The second-order valence-corrected chi connectivity index (χ2v) is 5.61. The van der Waals surface area contributed by atoms with Crippen molar-refractivity contribution in [1.29, 1.82) is 0 Å². The van der Waals surface area contributed by atoms with E-state index < -0.39 is 5.60 Å².